The van der Waals surface area contributed by atoms with E-state index in [0.29, 0.717) is 6.54 Å². The summed E-state index contributed by atoms with van der Waals surface area (Å²) in [6.07, 6.45) is 0. The Bertz CT molecular complexity index is 755. The summed E-state index contributed by atoms with van der Waals surface area (Å²) >= 11 is 0. The Morgan fingerprint density at radius 3 is 2.48 bits per heavy atom. The van der Waals surface area contributed by atoms with Gasteiger partial charge in [-0.05, 0) is 36.8 Å². The average molecular weight is 314 g/mol. The highest BCUT2D eigenvalue weighted by Crippen LogP contribution is 2.23. The molecule has 122 valence electrons. The standard InChI is InChI=1S/C17H22N4O2/c1-3-21(10-15(18)16(20-19)17(22)23)14-7-6-12-8-11(2)4-5-13(12)9-14/h4-9,20H,3,10,18-19H2,1-2H3,(H,22,23)/b16-15-. The average Bonchev–Trinajstić information content (AvgIpc) is 2.52. The molecule has 0 amide bonds. The van der Waals surface area contributed by atoms with E-state index < -0.39 is 5.97 Å². The van der Waals surface area contributed by atoms with Gasteiger partial charge in [-0.1, -0.05) is 29.8 Å². The Morgan fingerprint density at radius 1 is 1.22 bits per heavy atom. The monoisotopic (exact) mass is 314 g/mol. The number of aliphatic carboxylic acids is 1. The molecule has 6 N–H and O–H groups in total. The predicted molar refractivity (Wildman–Crippen MR) is 92.7 cm³/mol. The first-order valence-electron chi connectivity index (χ1n) is 7.40. The number of carboxylic acids is 1. The van der Waals surface area contributed by atoms with Crippen LogP contribution in [-0.4, -0.2) is 24.2 Å². The fourth-order valence-corrected chi connectivity index (χ4v) is 2.51. The van der Waals surface area contributed by atoms with E-state index in [-0.39, 0.29) is 17.9 Å². The topological polar surface area (TPSA) is 105 Å². The van der Waals surface area contributed by atoms with Gasteiger partial charge in [0.15, 0.2) is 5.70 Å². The van der Waals surface area contributed by atoms with Crippen molar-refractivity contribution in [2.24, 2.45) is 11.6 Å². The van der Waals surface area contributed by atoms with Crippen LogP contribution in [0.2, 0.25) is 0 Å². The molecule has 0 aliphatic rings. The molecule has 0 saturated heterocycles. The molecule has 2 aromatic rings. The number of nitrogens with two attached hydrogens (primary N) is 2. The zero-order valence-corrected chi connectivity index (χ0v) is 13.3. The third-order valence-corrected chi connectivity index (χ3v) is 3.77. The molecule has 2 aromatic carbocycles. The van der Waals surface area contributed by atoms with E-state index in [1.54, 1.807) is 0 Å². The maximum Gasteiger partial charge on any atom is 0.355 e. The van der Waals surface area contributed by atoms with Crippen molar-refractivity contribution < 1.29 is 9.90 Å². The second kappa shape index (κ2) is 7.02. The summed E-state index contributed by atoms with van der Waals surface area (Å²) in [5, 5.41) is 11.4. The lowest BCUT2D eigenvalue weighted by molar-refractivity contribution is -0.133. The molecular formula is C17H22N4O2. The van der Waals surface area contributed by atoms with Gasteiger partial charge < -0.3 is 21.2 Å². The van der Waals surface area contributed by atoms with E-state index in [0.717, 1.165) is 11.1 Å². The van der Waals surface area contributed by atoms with Crippen molar-refractivity contribution in [2.45, 2.75) is 13.8 Å². The van der Waals surface area contributed by atoms with Crippen LogP contribution < -0.4 is 21.9 Å². The number of anilines is 1. The van der Waals surface area contributed by atoms with Crippen LogP contribution in [0, 0.1) is 6.92 Å². The maximum atomic E-state index is 11.1. The zero-order chi connectivity index (χ0) is 17.0. The molecule has 0 bridgehead atoms. The Balaban J connectivity index is 2.34. The van der Waals surface area contributed by atoms with Crippen LogP contribution in [-0.2, 0) is 4.79 Å². The fourth-order valence-electron chi connectivity index (χ4n) is 2.51. The molecule has 0 spiro atoms. The minimum Gasteiger partial charge on any atom is -0.476 e. The van der Waals surface area contributed by atoms with Gasteiger partial charge in [-0.3, -0.25) is 5.84 Å². The van der Waals surface area contributed by atoms with Gasteiger partial charge in [0.2, 0.25) is 0 Å². The van der Waals surface area contributed by atoms with Crippen LogP contribution in [0.15, 0.2) is 47.8 Å². The number of fused-ring (bicyclic) bond motifs is 1. The van der Waals surface area contributed by atoms with Crippen molar-refractivity contribution in [1.29, 1.82) is 0 Å². The molecule has 0 saturated carbocycles. The predicted octanol–water partition coefficient (Wildman–Crippen LogP) is 1.69. The number of carboxylic acid groups (broad SMARTS) is 1. The summed E-state index contributed by atoms with van der Waals surface area (Å²) in [4.78, 5) is 13.1. The number of carbonyl (C=O) groups is 1. The van der Waals surface area contributed by atoms with Gasteiger partial charge in [0.05, 0.1) is 12.2 Å². The van der Waals surface area contributed by atoms with Crippen molar-refractivity contribution in [3.63, 3.8) is 0 Å². The van der Waals surface area contributed by atoms with Gasteiger partial charge in [-0.25, -0.2) is 4.79 Å². The van der Waals surface area contributed by atoms with Gasteiger partial charge >= 0.3 is 5.97 Å². The van der Waals surface area contributed by atoms with Crippen LogP contribution in [0.4, 0.5) is 5.69 Å². The summed E-state index contributed by atoms with van der Waals surface area (Å²) in [7, 11) is 0. The van der Waals surface area contributed by atoms with Crippen molar-refractivity contribution in [1.82, 2.24) is 5.43 Å². The normalized spacial score (nSPS) is 12.0. The molecule has 0 aliphatic heterocycles. The minimum atomic E-state index is -1.17. The summed E-state index contributed by atoms with van der Waals surface area (Å²) in [6.45, 7) is 5.02. The number of rotatable bonds is 6. The van der Waals surface area contributed by atoms with Crippen molar-refractivity contribution in [3.8, 4) is 0 Å². The highest BCUT2D eigenvalue weighted by Gasteiger charge is 2.14. The number of likely N-dealkylation sites (N-methyl/N-ethyl adjacent to an activating group) is 1. The van der Waals surface area contributed by atoms with Gasteiger partial charge in [0, 0.05) is 12.2 Å². The molecule has 0 radical (unpaired) electrons. The van der Waals surface area contributed by atoms with E-state index in [1.807, 2.05) is 17.9 Å². The first-order valence-corrected chi connectivity index (χ1v) is 7.40. The number of aryl methyl sites for hydroxylation is 1. The highest BCUT2D eigenvalue weighted by molar-refractivity contribution is 5.87. The number of nitrogens with one attached hydrogen (secondary N) is 1. The lowest BCUT2D eigenvalue weighted by Crippen LogP contribution is -2.35. The molecular weight excluding hydrogens is 292 g/mol. The van der Waals surface area contributed by atoms with Gasteiger partial charge in [-0.2, -0.15) is 0 Å². The quantitative estimate of drug-likeness (QED) is 0.367. The molecule has 0 aromatic heterocycles. The SMILES string of the molecule is CCN(C/C(N)=C(/NN)C(=O)O)c1ccc2cc(C)ccc2c1. The number of hydrazine groups is 1. The van der Waals surface area contributed by atoms with Crippen LogP contribution in [0.5, 0.6) is 0 Å². The molecule has 23 heavy (non-hydrogen) atoms. The van der Waals surface area contributed by atoms with E-state index in [4.69, 9.17) is 16.7 Å². The van der Waals surface area contributed by atoms with Crippen molar-refractivity contribution in [3.05, 3.63) is 53.4 Å². The number of hydrogen-bond donors (Lipinski definition) is 4. The molecule has 6 heteroatoms. The third kappa shape index (κ3) is 3.73. The lowest BCUT2D eigenvalue weighted by Gasteiger charge is -2.24. The Labute approximate surface area is 135 Å². The second-order valence-corrected chi connectivity index (χ2v) is 5.40. The van der Waals surface area contributed by atoms with E-state index >= 15 is 0 Å². The maximum absolute atomic E-state index is 11.1. The van der Waals surface area contributed by atoms with Crippen molar-refractivity contribution in [2.75, 3.05) is 18.0 Å². The Morgan fingerprint density at radius 2 is 1.87 bits per heavy atom. The zero-order valence-electron chi connectivity index (χ0n) is 13.3. The number of hydrogen-bond acceptors (Lipinski definition) is 5. The number of nitrogens with zero attached hydrogens (tertiary/aromatic N) is 1. The molecule has 2 rings (SSSR count). The molecule has 0 heterocycles. The molecule has 0 unspecified atom stereocenters. The molecule has 0 aliphatic carbocycles. The Kier molecular flexibility index (Phi) is 5.08. The molecule has 0 atom stereocenters. The fraction of sp³-hybridized carbons (Fsp3) is 0.235. The largest absolute Gasteiger partial charge is 0.476 e. The highest BCUT2D eigenvalue weighted by atomic mass is 16.4. The summed E-state index contributed by atoms with van der Waals surface area (Å²) < 4.78 is 0. The van der Waals surface area contributed by atoms with Gasteiger partial charge in [-0.15, -0.1) is 0 Å². The second-order valence-electron chi connectivity index (χ2n) is 5.40. The van der Waals surface area contributed by atoms with Crippen LogP contribution >= 0.6 is 0 Å². The van der Waals surface area contributed by atoms with E-state index in [1.165, 1.54) is 10.9 Å². The Hall–Kier alpha value is -2.73. The lowest BCUT2D eigenvalue weighted by atomic mass is 10.1. The van der Waals surface area contributed by atoms with Crippen LogP contribution in [0.25, 0.3) is 10.8 Å². The van der Waals surface area contributed by atoms with E-state index in [9.17, 15) is 4.79 Å². The molecule has 6 nitrogen and oxygen atoms in total. The van der Waals surface area contributed by atoms with Gasteiger partial charge in [0.25, 0.3) is 0 Å². The minimum absolute atomic E-state index is 0.181. The summed E-state index contributed by atoms with van der Waals surface area (Å²) in [6, 6.07) is 12.4. The van der Waals surface area contributed by atoms with Crippen LogP contribution in [0.3, 0.4) is 0 Å². The number of benzene rings is 2. The first kappa shape index (κ1) is 16.6. The smallest absolute Gasteiger partial charge is 0.355 e. The van der Waals surface area contributed by atoms with Crippen LogP contribution in [0.1, 0.15) is 12.5 Å². The summed E-state index contributed by atoms with van der Waals surface area (Å²) in [5.74, 6) is 4.06. The molecule has 0 fully saturated rings. The summed E-state index contributed by atoms with van der Waals surface area (Å²) in [5.41, 5.74) is 10.2. The van der Waals surface area contributed by atoms with E-state index in [2.05, 4.69) is 42.7 Å². The first-order chi connectivity index (χ1) is 11.0. The third-order valence-electron chi connectivity index (χ3n) is 3.77. The van der Waals surface area contributed by atoms with Gasteiger partial charge in [0.1, 0.15) is 0 Å². The van der Waals surface area contributed by atoms with Crippen molar-refractivity contribution >= 4 is 22.4 Å².